The van der Waals surface area contributed by atoms with E-state index in [9.17, 15) is 14.0 Å². The van der Waals surface area contributed by atoms with E-state index in [0.717, 1.165) is 6.54 Å². The van der Waals surface area contributed by atoms with Crippen LogP contribution in [0.1, 0.15) is 38.1 Å². The van der Waals surface area contributed by atoms with Gasteiger partial charge in [0, 0.05) is 11.7 Å². The first-order valence-corrected chi connectivity index (χ1v) is 9.51. The topological polar surface area (TPSA) is 61.4 Å². The lowest BCUT2D eigenvalue weighted by Crippen LogP contribution is -2.41. The first-order chi connectivity index (χ1) is 13.3. The summed E-state index contributed by atoms with van der Waals surface area (Å²) >= 11 is 0. The Hall–Kier alpha value is -2.73. The summed E-state index contributed by atoms with van der Waals surface area (Å²) in [7, 11) is 0. The maximum absolute atomic E-state index is 13.0. The number of amides is 2. The first-order valence-electron chi connectivity index (χ1n) is 9.51. The molecule has 6 heteroatoms. The van der Waals surface area contributed by atoms with E-state index in [1.165, 1.54) is 24.3 Å². The zero-order valence-electron chi connectivity index (χ0n) is 16.8. The molecule has 2 aromatic carbocycles. The minimum Gasteiger partial charge on any atom is -0.324 e. The molecule has 0 heterocycles. The van der Waals surface area contributed by atoms with Crippen LogP contribution in [-0.2, 0) is 4.79 Å². The molecule has 2 aromatic rings. The Bertz CT molecular complexity index is 806. The van der Waals surface area contributed by atoms with Crippen LogP contribution in [0.15, 0.2) is 48.5 Å². The normalized spacial score (nSPS) is 12.1. The van der Waals surface area contributed by atoms with Crippen LogP contribution >= 0.6 is 0 Å². The number of carbonyl (C=O) groups is 2. The monoisotopic (exact) mass is 385 g/mol. The number of hydrogen-bond donors (Lipinski definition) is 2. The maximum atomic E-state index is 13.0. The van der Waals surface area contributed by atoms with Crippen LogP contribution in [0, 0.1) is 11.7 Å². The second-order valence-corrected chi connectivity index (χ2v) is 7.10. The fourth-order valence-electron chi connectivity index (χ4n) is 2.86. The molecule has 0 saturated carbocycles. The summed E-state index contributed by atoms with van der Waals surface area (Å²) in [5.41, 5.74) is 1.27. The van der Waals surface area contributed by atoms with Gasteiger partial charge in [0.05, 0.1) is 17.8 Å². The minimum atomic E-state index is -0.373. The molecule has 0 aliphatic heterocycles. The summed E-state index contributed by atoms with van der Waals surface area (Å²) in [6.45, 7) is 9.39. The predicted molar refractivity (Wildman–Crippen MR) is 111 cm³/mol. The molecule has 0 saturated heterocycles. The fourth-order valence-corrected chi connectivity index (χ4v) is 2.86. The average Bonchev–Trinajstić information content (AvgIpc) is 2.67. The Kier molecular flexibility index (Phi) is 7.70. The highest BCUT2D eigenvalue weighted by Gasteiger charge is 2.19. The van der Waals surface area contributed by atoms with E-state index >= 15 is 0 Å². The van der Waals surface area contributed by atoms with Crippen molar-refractivity contribution in [2.75, 3.05) is 23.7 Å². The second-order valence-electron chi connectivity index (χ2n) is 7.10. The number of benzene rings is 2. The standard InChI is InChI=1S/C22H28FN3O2/c1-5-26(16(4)15(2)3)14-21(27)25-20-9-7-6-8-19(20)22(28)24-18-12-10-17(23)11-13-18/h6-13,15-16H,5,14H2,1-4H3,(H,24,28)(H,25,27). The molecule has 0 aromatic heterocycles. The lowest BCUT2D eigenvalue weighted by molar-refractivity contribution is -0.117. The Morgan fingerprint density at radius 2 is 1.64 bits per heavy atom. The lowest BCUT2D eigenvalue weighted by Gasteiger charge is -2.30. The lowest BCUT2D eigenvalue weighted by atomic mass is 10.0. The first kappa shape index (κ1) is 21.6. The number of hydrogen-bond acceptors (Lipinski definition) is 3. The van der Waals surface area contributed by atoms with Gasteiger partial charge in [0.2, 0.25) is 5.91 Å². The molecule has 28 heavy (non-hydrogen) atoms. The molecule has 5 nitrogen and oxygen atoms in total. The van der Waals surface area contributed by atoms with E-state index in [1.807, 2.05) is 6.92 Å². The zero-order chi connectivity index (χ0) is 20.7. The highest BCUT2D eigenvalue weighted by atomic mass is 19.1. The Morgan fingerprint density at radius 3 is 2.25 bits per heavy atom. The van der Waals surface area contributed by atoms with Gasteiger partial charge in [-0.3, -0.25) is 14.5 Å². The van der Waals surface area contributed by atoms with Gasteiger partial charge in [-0.1, -0.05) is 32.9 Å². The summed E-state index contributed by atoms with van der Waals surface area (Å²) in [5, 5.41) is 5.56. The average molecular weight is 385 g/mol. The molecule has 0 radical (unpaired) electrons. The number of likely N-dealkylation sites (N-methyl/N-ethyl adjacent to an activating group) is 1. The minimum absolute atomic E-state index is 0.170. The van der Waals surface area contributed by atoms with Crippen molar-refractivity contribution in [3.63, 3.8) is 0 Å². The van der Waals surface area contributed by atoms with Crippen LogP contribution < -0.4 is 10.6 Å². The molecule has 0 aliphatic carbocycles. The van der Waals surface area contributed by atoms with Crippen molar-refractivity contribution >= 4 is 23.2 Å². The van der Waals surface area contributed by atoms with Crippen LogP contribution in [0.4, 0.5) is 15.8 Å². The van der Waals surface area contributed by atoms with Gasteiger partial charge in [-0.25, -0.2) is 4.39 Å². The van der Waals surface area contributed by atoms with Gasteiger partial charge in [-0.15, -0.1) is 0 Å². The highest BCUT2D eigenvalue weighted by Crippen LogP contribution is 2.18. The van der Waals surface area contributed by atoms with Crippen molar-refractivity contribution in [1.82, 2.24) is 4.90 Å². The molecule has 150 valence electrons. The van der Waals surface area contributed by atoms with Crippen LogP contribution in [-0.4, -0.2) is 35.8 Å². The number of rotatable bonds is 8. The zero-order valence-corrected chi connectivity index (χ0v) is 16.8. The van der Waals surface area contributed by atoms with Gasteiger partial charge in [-0.05, 0) is 55.8 Å². The van der Waals surface area contributed by atoms with Crippen LogP contribution in [0.2, 0.25) is 0 Å². The number of para-hydroxylation sites is 1. The van der Waals surface area contributed by atoms with Gasteiger partial charge >= 0.3 is 0 Å². The van der Waals surface area contributed by atoms with E-state index in [4.69, 9.17) is 0 Å². The summed E-state index contributed by atoms with van der Waals surface area (Å²) in [5.74, 6) is -0.481. The quantitative estimate of drug-likeness (QED) is 0.709. The van der Waals surface area contributed by atoms with Gasteiger partial charge in [0.25, 0.3) is 5.91 Å². The molecule has 2 rings (SSSR count). The molecule has 0 fully saturated rings. The van der Waals surface area contributed by atoms with Crippen molar-refractivity contribution in [1.29, 1.82) is 0 Å². The third-order valence-corrected chi connectivity index (χ3v) is 4.84. The second kappa shape index (κ2) is 9.99. The highest BCUT2D eigenvalue weighted by molar-refractivity contribution is 6.10. The molecule has 1 unspecified atom stereocenters. The molecule has 2 amide bonds. The van der Waals surface area contributed by atoms with Crippen molar-refractivity contribution in [2.45, 2.75) is 33.7 Å². The van der Waals surface area contributed by atoms with Crippen LogP contribution in [0.5, 0.6) is 0 Å². The SMILES string of the molecule is CCN(CC(=O)Nc1ccccc1C(=O)Nc1ccc(F)cc1)C(C)C(C)C. The van der Waals surface area contributed by atoms with Gasteiger partial charge in [0.15, 0.2) is 0 Å². The molecular weight excluding hydrogens is 357 g/mol. The van der Waals surface area contributed by atoms with E-state index in [1.54, 1.807) is 24.3 Å². The van der Waals surface area contributed by atoms with E-state index < -0.39 is 0 Å². The number of halogens is 1. The van der Waals surface area contributed by atoms with Crippen LogP contribution in [0.25, 0.3) is 0 Å². The summed E-state index contributed by atoms with van der Waals surface area (Å²) in [6, 6.07) is 12.6. The largest absolute Gasteiger partial charge is 0.324 e. The van der Waals surface area contributed by atoms with Gasteiger partial charge in [0.1, 0.15) is 5.82 Å². The number of nitrogens with one attached hydrogen (secondary N) is 2. The molecular formula is C22H28FN3O2. The van der Waals surface area contributed by atoms with Crippen LogP contribution in [0.3, 0.4) is 0 Å². The number of nitrogens with zero attached hydrogens (tertiary/aromatic N) is 1. The summed E-state index contributed by atoms with van der Waals surface area (Å²) in [4.78, 5) is 27.3. The van der Waals surface area contributed by atoms with Gasteiger partial charge in [-0.2, -0.15) is 0 Å². The van der Waals surface area contributed by atoms with Crippen molar-refractivity contribution in [2.24, 2.45) is 5.92 Å². The van der Waals surface area contributed by atoms with Crippen molar-refractivity contribution < 1.29 is 14.0 Å². The third kappa shape index (κ3) is 5.89. The number of carbonyl (C=O) groups excluding carboxylic acids is 2. The molecule has 0 bridgehead atoms. The van der Waals surface area contributed by atoms with Crippen molar-refractivity contribution in [3.8, 4) is 0 Å². The Balaban J connectivity index is 2.09. The smallest absolute Gasteiger partial charge is 0.257 e. The summed E-state index contributed by atoms with van der Waals surface area (Å²) < 4.78 is 13.0. The number of anilines is 2. The third-order valence-electron chi connectivity index (χ3n) is 4.84. The molecule has 0 spiro atoms. The summed E-state index contributed by atoms with van der Waals surface area (Å²) in [6.07, 6.45) is 0. The molecule has 2 N–H and O–H groups in total. The maximum Gasteiger partial charge on any atom is 0.257 e. The van der Waals surface area contributed by atoms with Gasteiger partial charge < -0.3 is 10.6 Å². The van der Waals surface area contributed by atoms with E-state index in [0.29, 0.717) is 22.9 Å². The molecule has 0 aliphatic rings. The fraction of sp³-hybridized carbons (Fsp3) is 0.364. The Morgan fingerprint density at radius 1 is 1.00 bits per heavy atom. The van der Waals surface area contributed by atoms with E-state index in [2.05, 4.69) is 36.3 Å². The predicted octanol–water partition coefficient (Wildman–Crippen LogP) is 4.38. The van der Waals surface area contributed by atoms with Crippen molar-refractivity contribution in [3.05, 3.63) is 59.9 Å². The molecule has 1 atom stereocenters. The van der Waals surface area contributed by atoms with E-state index in [-0.39, 0.29) is 30.2 Å². The Labute approximate surface area is 165 Å².